The van der Waals surface area contributed by atoms with Crippen LogP contribution in [0.25, 0.3) is 0 Å². The average Bonchev–Trinajstić information content (AvgIpc) is 2.52. The summed E-state index contributed by atoms with van der Waals surface area (Å²) >= 11 is 1.96. The molecule has 1 aliphatic rings. The van der Waals surface area contributed by atoms with Crippen molar-refractivity contribution in [1.29, 1.82) is 0 Å². The van der Waals surface area contributed by atoms with Gasteiger partial charge in [-0.05, 0) is 37.1 Å². The third-order valence-electron chi connectivity index (χ3n) is 3.79. The van der Waals surface area contributed by atoms with Gasteiger partial charge in [-0.2, -0.15) is 11.8 Å². The second-order valence-electron chi connectivity index (χ2n) is 5.40. The van der Waals surface area contributed by atoms with Crippen LogP contribution in [0.1, 0.15) is 18.1 Å². The standard InChI is InChI=1S/C16H24N2O2S/c1-12-8-14(10-15(9-12)20-3)11-17-16(19)13(2)18-4-6-21-7-5-18/h8-10,13H,4-7,11H2,1-3H3,(H,17,19). The smallest absolute Gasteiger partial charge is 0.237 e. The molecule has 1 heterocycles. The Bertz CT molecular complexity index is 487. The van der Waals surface area contributed by atoms with Gasteiger partial charge < -0.3 is 10.1 Å². The minimum absolute atomic E-state index is 0.0578. The van der Waals surface area contributed by atoms with Gasteiger partial charge in [-0.1, -0.05) is 6.07 Å². The molecule has 0 spiro atoms. The fourth-order valence-electron chi connectivity index (χ4n) is 2.51. The predicted molar refractivity (Wildman–Crippen MR) is 87.9 cm³/mol. The van der Waals surface area contributed by atoms with Crippen molar-refractivity contribution in [3.63, 3.8) is 0 Å². The Labute approximate surface area is 131 Å². The van der Waals surface area contributed by atoms with Crippen molar-refractivity contribution in [2.45, 2.75) is 26.4 Å². The van der Waals surface area contributed by atoms with E-state index >= 15 is 0 Å². The number of hydrogen-bond acceptors (Lipinski definition) is 4. The summed E-state index contributed by atoms with van der Waals surface area (Å²) in [6.45, 7) is 6.56. The quantitative estimate of drug-likeness (QED) is 0.904. The summed E-state index contributed by atoms with van der Waals surface area (Å²) in [6.07, 6.45) is 0. The fraction of sp³-hybridized carbons (Fsp3) is 0.562. The third-order valence-corrected chi connectivity index (χ3v) is 4.73. The van der Waals surface area contributed by atoms with Gasteiger partial charge in [0, 0.05) is 31.1 Å². The normalized spacial score (nSPS) is 17.3. The van der Waals surface area contributed by atoms with E-state index in [1.165, 1.54) is 0 Å². The molecule has 1 atom stereocenters. The van der Waals surface area contributed by atoms with E-state index in [1.54, 1.807) is 7.11 Å². The number of benzene rings is 1. The van der Waals surface area contributed by atoms with Crippen molar-refractivity contribution >= 4 is 17.7 Å². The number of aryl methyl sites for hydroxylation is 1. The molecule has 0 bridgehead atoms. The molecule has 21 heavy (non-hydrogen) atoms. The maximum absolute atomic E-state index is 12.3. The summed E-state index contributed by atoms with van der Waals surface area (Å²) < 4.78 is 5.26. The lowest BCUT2D eigenvalue weighted by Crippen LogP contribution is -2.48. The first-order valence-electron chi connectivity index (χ1n) is 7.34. The van der Waals surface area contributed by atoms with E-state index in [4.69, 9.17) is 4.74 Å². The number of nitrogens with one attached hydrogen (secondary N) is 1. The maximum Gasteiger partial charge on any atom is 0.237 e. The zero-order valence-electron chi connectivity index (χ0n) is 13.0. The van der Waals surface area contributed by atoms with Crippen LogP contribution < -0.4 is 10.1 Å². The van der Waals surface area contributed by atoms with Gasteiger partial charge in [0.2, 0.25) is 5.91 Å². The lowest BCUT2D eigenvalue weighted by molar-refractivity contribution is -0.125. The number of rotatable bonds is 5. The number of amides is 1. The molecule has 1 fully saturated rings. The van der Waals surface area contributed by atoms with Gasteiger partial charge in [-0.3, -0.25) is 9.69 Å². The molecule has 1 N–H and O–H groups in total. The van der Waals surface area contributed by atoms with Crippen LogP contribution in [0.3, 0.4) is 0 Å². The highest BCUT2D eigenvalue weighted by Crippen LogP contribution is 2.16. The Balaban J connectivity index is 1.89. The minimum atomic E-state index is -0.0578. The van der Waals surface area contributed by atoms with Crippen molar-refractivity contribution in [2.24, 2.45) is 0 Å². The minimum Gasteiger partial charge on any atom is -0.497 e. The number of ether oxygens (including phenoxy) is 1. The summed E-state index contributed by atoms with van der Waals surface area (Å²) in [5.41, 5.74) is 2.21. The lowest BCUT2D eigenvalue weighted by atomic mass is 10.1. The first-order valence-corrected chi connectivity index (χ1v) is 8.49. The van der Waals surface area contributed by atoms with Gasteiger partial charge in [-0.15, -0.1) is 0 Å². The van der Waals surface area contributed by atoms with E-state index in [9.17, 15) is 4.79 Å². The number of carbonyl (C=O) groups is 1. The number of nitrogens with zero attached hydrogens (tertiary/aromatic N) is 1. The summed E-state index contributed by atoms with van der Waals surface area (Å²) in [4.78, 5) is 14.5. The molecule has 1 saturated heterocycles. The molecule has 0 saturated carbocycles. The molecular formula is C16H24N2O2S. The van der Waals surface area contributed by atoms with E-state index in [0.29, 0.717) is 6.54 Å². The predicted octanol–water partition coefficient (Wildman–Crippen LogP) is 2.06. The summed E-state index contributed by atoms with van der Waals surface area (Å²) in [5, 5.41) is 3.03. The molecule has 1 aromatic rings. The molecule has 2 rings (SSSR count). The van der Waals surface area contributed by atoms with Gasteiger partial charge in [-0.25, -0.2) is 0 Å². The molecule has 1 aliphatic heterocycles. The van der Waals surface area contributed by atoms with Crippen LogP contribution in [0.2, 0.25) is 0 Å². The summed E-state index contributed by atoms with van der Waals surface area (Å²) in [6, 6.07) is 5.97. The van der Waals surface area contributed by atoms with Gasteiger partial charge in [0.15, 0.2) is 0 Å². The van der Waals surface area contributed by atoms with E-state index in [1.807, 2.05) is 37.7 Å². The van der Waals surface area contributed by atoms with Crippen LogP contribution in [0.5, 0.6) is 5.75 Å². The zero-order chi connectivity index (χ0) is 15.2. The Kier molecular flexibility index (Phi) is 5.94. The number of methoxy groups -OCH3 is 1. The van der Waals surface area contributed by atoms with E-state index < -0.39 is 0 Å². The monoisotopic (exact) mass is 308 g/mol. The second-order valence-corrected chi connectivity index (χ2v) is 6.63. The first-order chi connectivity index (χ1) is 10.1. The number of carbonyl (C=O) groups excluding carboxylic acids is 1. The molecule has 116 valence electrons. The first kappa shape index (κ1) is 16.2. The van der Waals surface area contributed by atoms with Crippen molar-refractivity contribution < 1.29 is 9.53 Å². The van der Waals surface area contributed by atoms with Crippen LogP contribution in [0, 0.1) is 6.92 Å². The molecule has 0 aromatic heterocycles. The third kappa shape index (κ3) is 4.64. The van der Waals surface area contributed by atoms with E-state index in [2.05, 4.69) is 16.3 Å². The fourth-order valence-corrected chi connectivity index (χ4v) is 3.44. The molecule has 0 radical (unpaired) electrons. The van der Waals surface area contributed by atoms with Gasteiger partial charge >= 0.3 is 0 Å². The topological polar surface area (TPSA) is 41.6 Å². The van der Waals surface area contributed by atoms with Crippen LogP contribution in [-0.2, 0) is 11.3 Å². The van der Waals surface area contributed by atoms with Gasteiger partial charge in [0.25, 0.3) is 0 Å². The summed E-state index contributed by atoms with van der Waals surface area (Å²) in [5.74, 6) is 3.17. The molecule has 1 amide bonds. The molecule has 1 aromatic carbocycles. The molecule has 0 aliphatic carbocycles. The SMILES string of the molecule is COc1cc(C)cc(CNC(=O)C(C)N2CCSCC2)c1. The Morgan fingerprint density at radius 1 is 1.38 bits per heavy atom. The van der Waals surface area contributed by atoms with Crippen LogP contribution in [0.15, 0.2) is 18.2 Å². The van der Waals surface area contributed by atoms with E-state index in [-0.39, 0.29) is 11.9 Å². The van der Waals surface area contributed by atoms with Crippen LogP contribution in [-0.4, -0.2) is 48.6 Å². The Morgan fingerprint density at radius 3 is 2.76 bits per heavy atom. The van der Waals surface area contributed by atoms with Crippen molar-refractivity contribution in [3.8, 4) is 5.75 Å². The molecule has 1 unspecified atom stereocenters. The molecule has 4 nitrogen and oxygen atoms in total. The van der Waals surface area contributed by atoms with Crippen molar-refractivity contribution in [2.75, 3.05) is 31.7 Å². The van der Waals surface area contributed by atoms with E-state index in [0.717, 1.165) is 41.5 Å². The van der Waals surface area contributed by atoms with Crippen LogP contribution >= 0.6 is 11.8 Å². The highest BCUT2D eigenvalue weighted by Gasteiger charge is 2.22. The van der Waals surface area contributed by atoms with Gasteiger partial charge in [0.05, 0.1) is 13.2 Å². The number of hydrogen-bond donors (Lipinski definition) is 1. The zero-order valence-corrected chi connectivity index (χ0v) is 13.8. The summed E-state index contributed by atoms with van der Waals surface area (Å²) in [7, 11) is 1.66. The van der Waals surface area contributed by atoms with Crippen molar-refractivity contribution in [1.82, 2.24) is 10.2 Å². The lowest BCUT2D eigenvalue weighted by Gasteiger charge is -2.31. The Hall–Kier alpha value is -1.20. The average molecular weight is 308 g/mol. The highest BCUT2D eigenvalue weighted by atomic mass is 32.2. The highest BCUT2D eigenvalue weighted by molar-refractivity contribution is 7.99. The Morgan fingerprint density at radius 2 is 2.10 bits per heavy atom. The van der Waals surface area contributed by atoms with Crippen molar-refractivity contribution in [3.05, 3.63) is 29.3 Å². The molecular weight excluding hydrogens is 284 g/mol. The van der Waals surface area contributed by atoms with Crippen LogP contribution in [0.4, 0.5) is 0 Å². The largest absolute Gasteiger partial charge is 0.497 e. The maximum atomic E-state index is 12.3. The molecule has 5 heteroatoms. The second kappa shape index (κ2) is 7.71. The number of thioether (sulfide) groups is 1. The van der Waals surface area contributed by atoms with Gasteiger partial charge in [0.1, 0.15) is 5.75 Å².